The molecule has 2 aliphatic rings. The minimum atomic E-state index is -0.513. The fourth-order valence-corrected chi connectivity index (χ4v) is 4.23. The van der Waals surface area contributed by atoms with Gasteiger partial charge in [0.15, 0.2) is 5.79 Å². The maximum Gasteiger partial charge on any atom is 0.257 e. The smallest absolute Gasteiger partial charge is 0.257 e. The van der Waals surface area contributed by atoms with Crippen LogP contribution in [0.5, 0.6) is 5.75 Å². The molecule has 7 nitrogen and oxygen atoms in total. The third kappa shape index (κ3) is 3.82. The number of nitrogens with zero attached hydrogens (tertiary/aromatic N) is 3. The monoisotopic (exact) mass is 419 g/mol. The minimum Gasteiger partial charge on any atom is -0.497 e. The zero-order valence-corrected chi connectivity index (χ0v) is 17.5. The number of methoxy groups -OCH3 is 1. The molecule has 2 saturated heterocycles. The number of hydrogen-bond acceptors (Lipinski definition) is 5. The maximum atomic E-state index is 13.6. The standard InChI is InChI=1S/C24H25N3O4/c1-29-20-9-5-6-18(16-20)22-21(17-27(25-22)19-7-3-2-4-8-19)23(28)26-12-10-24(11-13-26)30-14-15-31-24/h2-9,16-17H,10-15H2,1H3. The van der Waals surface area contributed by atoms with E-state index in [2.05, 4.69) is 0 Å². The summed E-state index contributed by atoms with van der Waals surface area (Å²) >= 11 is 0. The van der Waals surface area contributed by atoms with Crippen LogP contribution in [0.15, 0.2) is 60.8 Å². The summed E-state index contributed by atoms with van der Waals surface area (Å²) in [4.78, 5) is 15.4. The number of rotatable bonds is 4. The van der Waals surface area contributed by atoms with Gasteiger partial charge in [-0.1, -0.05) is 30.3 Å². The molecule has 0 unspecified atom stereocenters. The van der Waals surface area contributed by atoms with Gasteiger partial charge in [0.05, 0.1) is 31.6 Å². The van der Waals surface area contributed by atoms with E-state index < -0.39 is 5.79 Å². The lowest BCUT2D eigenvalue weighted by Crippen LogP contribution is -2.47. The predicted molar refractivity (Wildman–Crippen MR) is 115 cm³/mol. The summed E-state index contributed by atoms with van der Waals surface area (Å²) < 4.78 is 18.8. The Morgan fingerprint density at radius 3 is 2.48 bits per heavy atom. The normalized spacial score (nSPS) is 17.8. The van der Waals surface area contributed by atoms with Gasteiger partial charge in [-0.25, -0.2) is 4.68 Å². The van der Waals surface area contributed by atoms with E-state index in [4.69, 9.17) is 19.3 Å². The summed E-state index contributed by atoms with van der Waals surface area (Å²) in [5, 5.41) is 4.78. The third-order valence-corrected chi connectivity index (χ3v) is 5.93. The van der Waals surface area contributed by atoms with Crippen LogP contribution in [-0.2, 0) is 9.47 Å². The van der Waals surface area contributed by atoms with Crippen molar-refractivity contribution >= 4 is 5.91 Å². The van der Waals surface area contributed by atoms with Gasteiger partial charge in [-0.05, 0) is 24.3 Å². The quantitative estimate of drug-likeness (QED) is 0.647. The molecule has 2 aliphatic heterocycles. The molecule has 0 bridgehead atoms. The van der Waals surface area contributed by atoms with Crippen molar-refractivity contribution in [2.45, 2.75) is 18.6 Å². The van der Waals surface area contributed by atoms with E-state index in [1.165, 1.54) is 0 Å². The van der Waals surface area contributed by atoms with Crippen LogP contribution in [0.1, 0.15) is 23.2 Å². The number of amides is 1. The van der Waals surface area contributed by atoms with Crippen molar-refractivity contribution in [3.05, 3.63) is 66.4 Å². The molecule has 0 saturated carbocycles. The Labute approximate surface area is 181 Å². The van der Waals surface area contributed by atoms with Gasteiger partial charge in [-0.15, -0.1) is 0 Å². The van der Waals surface area contributed by atoms with Gasteiger partial charge in [0.2, 0.25) is 0 Å². The average molecular weight is 419 g/mol. The van der Waals surface area contributed by atoms with Gasteiger partial charge in [0.25, 0.3) is 5.91 Å². The SMILES string of the molecule is COc1cccc(-c2nn(-c3ccccc3)cc2C(=O)N2CCC3(CC2)OCCO3)c1. The number of ether oxygens (including phenoxy) is 3. The topological polar surface area (TPSA) is 65.8 Å². The second-order valence-electron chi connectivity index (χ2n) is 7.80. The van der Waals surface area contributed by atoms with E-state index in [9.17, 15) is 4.79 Å². The summed E-state index contributed by atoms with van der Waals surface area (Å²) in [5.74, 6) is 0.175. The molecule has 0 atom stereocenters. The lowest BCUT2D eigenvalue weighted by molar-refractivity contribution is -0.181. The zero-order valence-electron chi connectivity index (χ0n) is 17.5. The Balaban J connectivity index is 1.49. The first-order valence-electron chi connectivity index (χ1n) is 10.5. The molecule has 31 heavy (non-hydrogen) atoms. The van der Waals surface area contributed by atoms with Crippen molar-refractivity contribution in [3.8, 4) is 22.7 Å². The van der Waals surface area contributed by atoms with Gasteiger partial charge >= 0.3 is 0 Å². The Bertz CT molecular complexity index is 1060. The van der Waals surface area contributed by atoms with Crippen LogP contribution in [-0.4, -0.2) is 59.8 Å². The first-order valence-corrected chi connectivity index (χ1v) is 10.5. The van der Waals surface area contributed by atoms with Crippen LogP contribution in [0.4, 0.5) is 0 Å². The number of benzene rings is 2. The Kier molecular flexibility index (Phi) is 5.21. The fourth-order valence-electron chi connectivity index (χ4n) is 4.23. The van der Waals surface area contributed by atoms with Crippen molar-refractivity contribution in [2.75, 3.05) is 33.4 Å². The van der Waals surface area contributed by atoms with Crippen molar-refractivity contribution < 1.29 is 19.0 Å². The van der Waals surface area contributed by atoms with Crippen molar-refractivity contribution in [1.82, 2.24) is 14.7 Å². The molecule has 2 aromatic carbocycles. The van der Waals surface area contributed by atoms with E-state index in [0.717, 1.165) is 17.0 Å². The first-order chi connectivity index (χ1) is 15.2. The molecule has 1 amide bonds. The molecule has 3 heterocycles. The van der Waals surface area contributed by atoms with Crippen molar-refractivity contribution in [3.63, 3.8) is 0 Å². The van der Waals surface area contributed by atoms with E-state index in [-0.39, 0.29) is 5.91 Å². The van der Waals surface area contributed by atoms with Gasteiger partial charge in [0, 0.05) is 37.7 Å². The third-order valence-electron chi connectivity index (χ3n) is 5.93. The lowest BCUT2D eigenvalue weighted by atomic mass is 10.0. The number of para-hydroxylation sites is 1. The summed E-state index contributed by atoms with van der Waals surface area (Å²) in [7, 11) is 1.63. The number of carbonyl (C=O) groups excluding carboxylic acids is 1. The molecule has 5 rings (SSSR count). The van der Waals surface area contributed by atoms with Gasteiger partial charge in [0.1, 0.15) is 11.4 Å². The van der Waals surface area contributed by atoms with Gasteiger partial charge < -0.3 is 19.1 Å². The fraction of sp³-hybridized carbons (Fsp3) is 0.333. The molecule has 0 radical (unpaired) electrons. The predicted octanol–water partition coefficient (Wildman–Crippen LogP) is 3.53. The highest BCUT2D eigenvalue weighted by atomic mass is 16.7. The maximum absolute atomic E-state index is 13.6. The molecule has 0 aliphatic carbocycles. The van der Waals surface area contributed by atoms with Crippen LogP contribution in [0.3, 0.4) is 0 Å². The van der Waals surface area contributed by atoms with E-state index >= 15 is 0 Å². The van der Waals surface area contributed by atoms with E-state index in [1.807, 2.05) is 65.7 Å². The minimum absolute atomic E-state index is 0.0344. The van der Waals surface area contributed by atoms with Gasteiger partial charge in [-0.2, -0.15) is 5.10 Å². The van der Waals surface area contributed by atoms with E-state index in [0.29, 0.717) is 50.4 Å². The number of hydrogen-bond donors (Lipinski definition) is 0. The van der Waals surface area contributed by atoms with Gasteiger partial charge in [-0.3, -0.25) is 4.79 Å². The number of likely N-dealkylation sites (tertiary alicyclic amines) is 1. The lowest BCUT2D eigenvalue weighted by Gasteiger charge is -2.37. The molecular weight excluding hydrogens is 394 g/mol. The van der Waals surface area contributed by atoms with Crippen molar-refractivity contribution in [2.24, 2.45) is 0 Å². The van der Waals surface area contributed by atoms with E-state index in [1.54, 1.807) is 11.8 Å². The number of carbonyl (C=O) groups is 1. The molecule has 2 fully saturated rings. The van der Waals surface area contributed by atoms with Crippen LogP contribution in [0.2, 0.25) is 0 Å². The highest BCUT2D eigenvalue weighted by Crippen LogP contribution is 2.33. The average Bonchev–Trinajstić information content (AvgIpc) is 3.48. The Hall–Kier alpha value is -3.16. The molecule has 1 aromatic heterocycles. The number of aromatic nitrogens is 2. The molecular formula is C24H25N3O4. The zero-order chi connectivity index (χ0) is 21.3. The van der Waals surface area contributed by atoms with Crippen LogP contribution < -0.4 is 4.74 Å². The number of piperidine rings is 1. The first kappa shape index (κ1) is 19.8. The second kappa shape index (κ2) is 8.17. The van der Waals surface area contributed by atoms with Crippen LogP contribution in [0, 0.1) is 0 Å². The Morgan fingerprint density at radius 2 is 1.77 bits per heavy atom. The molecule has 1 spiro atoms. The van der Waals surface area contributed by atoms with Crippen molar-refractivity contribution in [1.29, 1.82) is 0 Å². The summed E-state index contributed by atoms with van der Waals surface area (Å²) in [6.45, 7) is 2.43. The molecule has 0 N–H and O–H groups in total. The summed E-state index contributed by atoms with van der Waals surface area (Å²) in [6.07, 6.45) is 3.18. The Morgan fingerprint density at radius 1 is 1.03 bits per heavy atom. The molecule has 3 aromatic rings. The summed E-state index contributed by atoms with van der Waals surface area (Å²) in [6, 6.07) is 17.4. The van der Waals surface area contributed by atoms with Crippen LogP contribution in [0.25, 0.3) is 16.9 Å². The highest BCUT2D eigenvalue weighted by Gasteiger charge is 2.41. The highest BCUT2D eigenvalue weighted by molar-refractivity contribution is 6.00. The molecule has 7 heteroatoms. The molecule has 160 valence electrons. The largest absolute Gasteiger partial charge is 0.497 e. The summed E-state index contributed by atoms with van der Waals surface area (Å²) in [5.41, 5.74) is 2.95. The second-order valence-corrected chi connectivity index (χ2v) is 7.80. The van der Waals surface area contributed by atoms with Crippen LogP contribution >= 0.6 is 0 Å².